The number of fused-ring (bicyclic) bond motifs is 1. The van der Waals surface area contributed by atoms with E-state index in [1.807, 2.05) is 18.2 Å². The van der Waals surface area contributed by atoms with Gasteiger partial charge in [0.2, 0.25) is 0 Å². The zero-order valence-electron chi connectivity index (χ0n) is 14.8. The van der Waals surface area contributed by atoms with E-state index in [-0.39, 0.29) is 11.8 Å². The molecule has 3 aromatic rings. The number of benzene rings is 2. The van der Waals surface area contributed by atoms with E-state index in [0.29, 0.717) is 37.6 Å². The number of aromatic nitrogens is 1. The molecule has 1 aliphatic rings. The molecule has 0 aliphatic carbocycles. The van der Waals surface area contributed by atoms with Crippen molar-refractivity contribution < 1.29 is 13.9 Å². The fourth-order valence-corrected chi connectivity index (χ4v) is 4.07. The highest BCUT2D eigenvalue weighted by molar-refractivity contribution is 7.22. The number of amides is 2. The van der Waals surface area contributed by atoms with Gasteiger partial charge in [0.25, 0.3) is 0 Å². The Morgan fingerprint density at radius 3 is 2.78 bits per heavy atom. The number of ether oxygens (including phenoxy) is 1. The first kappa shape index (κ1) is 17.5. The quantitative estimate of drug-likeness (QED) is 0.744. The van der Waals surface area contributed by atoms with E-state index in [9.17, 15) is 9.18 Å². The van der Waals surface area contributed by atoms with Crippen LogP contribution in [0.2, 0.25) is 0 Å². The van der Waals surface area contributed by atoms with E-state index >= 15 is 0 Å². The average molecular weight is 386 g/mol. The molecule has 0 saturated carbocycles. The normalized spacial score (nSPS) is 14.4. The first-order chi connectivity index (χ1) is 13.1. The van der Waals surface area contributed by atoms with Crippen LogP contribution in [0.25, 0.3) is 10.2 Å². The number of thiazole rings is 1. The number of urea groups is 1. The molecule has 0 spiro atoms. The molecule has 0 radical (unpaired) electrons. The summed E-state index contributed by atoms with van der Waals surface area (Å²) in [6.07, 6.45) is 0. The molecule has 4 rings (SSSR count). The summed E-state index contributed by atoms with van der Waals surface area (Å²) in [6, 6.07) is 11.8. The van der Waals surface area contributed by atoms with Crippen LogP contribution >= 0.6 is 11.3 Å². The van der Waals surface area contributed by atoms with Crippen LogP contribution in [-0.4, -0.2) is 49.2 Å². The fourth-order valence-electron chi connectivity index (χ4n) is 3.03. The molecule has 1 fully saturated rings. The highest BCUT2D eigenvalue weighted by atomic mass is 32.1. The lowest BCUT2D eigenvalue weighted by Gasteiger charge is -2.34. The summed E-state index contributed by atoms with van der Waals surface area (Å²) in [5.74, 6) is 0.446. The smallest absolute Gasteiger partial charge is 0.321 e. The number of piperazine rings is 1. The summed E-state index contributed by atoms with van der Waals surface area (Å²) in [5.41, 5.74) is 1.50. The maximum Gasteiger partial charge on any atom is 0.321 e. The van der Waals surface area contributed by atoms with Crippen LogP contribution in [0.1, 0.15) is 0 Å². The standard InChI is InChI=1S/C19H19FN4O2S/c1-26-15-4-2-3-14(12-15)21-18(25)23-7-9-24(10-8-23)19-22-16-6-5-13(20)11-17(16)27-19/h2-6,11-12H,7-10H2,1H3,(H,21,25). The van der Waals surface area contributed by atoms with Gasteiger partial charge in [0, 0.05) is 37.9 Å². The molecule has 0 atom stereocenters. The van der Waals surface area contributed by atoms with Gasteiger partial charge in [-0.05, 0) is 30.3 Å². The van der Waals surface area contributed by atoms with Gasteiger partial charge in [-0.15, -0.1) is 0 Å². The monoisotopic (exact) mass is 386 g/mol. The zero-order valence-corrected chi connectivity index (χ0v) is 15.6. The molecule has 0 unspecified atom stereocenters. The van der Waals surface area contributed by atoms with Crippen molar-refractivity contribution in [1.82, 2.24) is 9.88 Å². The maximum atomic E-state index is 13.4. The molecular formula is C19H19FN4O2S. The number of nitrogens with zero attached hydrogens (tertiary/aromatic N) is 3. The summed E-state index contributed by atoms with van der Waals surface area (Å²) in [5, 5.41) is 3.77. The fraction of sp³-hybridized carbons (Fsp3) is 0.263. The number of rotatable bonds is 3. The van der Waals surface area contributed by atoms with Gasteiger partial charge in [-0.2, -0.15) is 0 Å². The van der Waals surface area contributed by atoms with E-state index in [2.05, 4.69) is 15.2 Å². The van der Waals surface area contributed by atoms with Crippen LogP contribution in [0.4, 0.5) is 20.0 Å². The number of carbonyl (C=O) groups excluding carboxylic acids is 1. The van der Waals surface area contributed by atoms with Crippen LogP contribution in [0, 0.1) is 5.82 Å². The topological polar surface area (TPSA) is 57.7 Å². The molecule has 2 heterocycles. The van der Waals surface area contributed by atoms with Crippen molar-refractivity contribution in [3.8, 4) is 5.75 Å². The molecule has 27 heavy (non-hydrogen) atoms. The highest BCUT2D eigenvalue weighted by Gasteiger charge is 2.23. The van der Waals surface area contributed by atoms with Crippen molar-refractivity contribution in [2.24, 2.45) is 0 Å². The number of nitrogens with one attached hydrogen (secondary N) is 1. The Labute approximate surface area is 160 Å². The molecule has 2 amide bonds. The first-order valence-corrected chi connectivity index (χ1v) is 9.45. The largest absolute Gasteiger partial charge is 0.497 e. The number of hydrogen-bond acceptors (Lipinski definition) is 5. The Balaban J connectivity index is 1.38. The van der Waals surface area contributed by atoms with Crippen molar-refractivity contribution in [3.05, 3.63) is 48.3 Å². The molecule has 140 valence electrons. The predicted octanol–water partition coefficient (Wildman–Crippen LogP) is 3.80. The minimum atomic E-state index is -0.253. The number of halogens is 1. The van der Waals surface area contributed by atoms with Crippen molar-refractivity contribution in [3.63, 3.8) is 0 Å². The number of methoxy groups -OCH3 is 1. The van der Waals surface area contributed by atoms with Crippen LogP contribution < -0.4 is 15.0 Å². The van der Waals surface area contributed by atoms with Crippen molar-refractivity contribution >= 4 is 38.4 Å². The molecule has 1 saturated heterocycles. The van der Waals surface area contributed by atoms with Crippen LogP contribution in [0.5, 0.6) is 5.75 Å². The summed E-state index contributed by atoms with van der Waals surface area (Å²) in [7, 11) is 1.59. The van der Waals surface area contributed by atoms with Gasteiger partial charge < -0.3 is 19.9 Å². The zero-order chi connectivity index (χ0) is 18.8. The summed E-state index contributed by atoms with van der Waals surface area (Å²) < 4.78 is 19.4. The number of hydrogen-bond donors (Lipinski definition) is 1. The lowest BCUT2D eigenvalue weighted by atomic mass is 10.3. The highest BCUT2D eigenvalue weighted by Crippen LogP contribution is 2.30. The van der Waals surface area contributed by atoms with Gasteiger partial charge in [0.1, 0.15) is 11.6 Å². The van der Waals surface area contributed by atoms with Crippen molar-refractivity contribution in [1.29, 1.82) is 0 Å². The van der Waals surface area contributed by atoms with E-state index in [4.69, 9.17) is 4.74 Å². The number of anilines is 2. The molecule has 1 aliphatic heterocycles. The van der Waals surface area contributed by atoms with E-state index < -0.39 is 0 Å². The second kappa shape index (κ2) is 7.40. The van der Waals surface area contributed by atoms with Crippen LogP contribution in [0.3, 0.4) is 0 Å². The average Bonchev–Trinajstić information content (AvgIpc) is 3.11. The molecule has 1 aromatic heterocycles. The third kappa shape index (κ3) is 3.80. The minimum Gasteiger partial charge on any atom is -0.497 e. The minimum absolute atomic E-state index is 0.130. The Bertz CT molecular complexity index is 969. The molecule has 1 N–H and O–H groups in total. The molecule has 2 aromatic carbocycles. The van der Waals surface area contributed by atoms with Gasteiger partial charge in [0.15, 0.2) is 5.13 Å². The van der Waals surface area contributed by atoms with E-state index in [0.717, 1.165) is 15.3 Å². The lowest BCUT2D eigenvalue weighted by Crippen LogP contribution is -2.50. The Morgan fingerprint density at radius 1 is 1.19 bits per heavy atom. The van der Waals surface area contributed by atoms with Crippen LogP contribution in [-0.2, 0) is 0 Å². The lowest BCUT2D eigenvalue weighted by molar-refractivity contribution is 0.208. The molecule has 6 nitrogen and oxygen atoms in total. The SMILES string of the molecule is COc1cccc(NC(=O)N2CCN(c3nc4ccc(F)cc4s3)CC2)c1. The van der Waals surface area contributed by atoms with Crippen molar-refractivity contribution in [2.75, 3.05) is 43.5 Å². The Hall–Kier alpha value is -2.87. The second-order valence-corrected chi connectivity index (χ2v) is 7.25. The van der Waals surface area contributed by atoms with Gasteiger partial charge in [-0.3, -0.25) is 0 Å². The van der Waals surface area contributed by atoms with Crippen LogP contribution in [0.15, 0.2) is 42.5 Å². The van der Waals surface area contributed by atoms with E-state index in [1.54, 1.807) is 24.1 Å². The van der Waals surface area contributed by atoms with Gasteiger partial charge in [-0.25, -0.2) is 14.2 Å². The third-order valence-electron chi connectivity index (χ3n) is 4.50. The van der Waals surface area contributed by atoms with Crippen molar-refractivity contribution in [2.45, 2.75) is 0 Å². The molecule has 0 bridgehead atoms. The third-order valence-corrected chi connectivity index (χ3v) is 5.58. The molecular weight excluding hydrogens is 367 g/mol. The van der Waals surface area contributed by atoms with Gasteiger partial charge in [-0.1, -0.05) is 17.4 Å². The molecule has 8 heteroatoms. The second-order valence-electron chi connectivity index (χ2n) is 6.24. The van der Waals surface area contributed by atoms with E-state index in [1.165, 1.54) is 23.5 Å². The van der Waals surface area contributed by atoms with Gasteiger partial charge >= 0.3 is 6.03 Å². The summed E-state index contributed by atoms with van der Waals surface area (Å²) in [4.78, 5) is 21.0. The number of carbonyl (C=O) groups is 1. The summed E-state index contributed by atoms with van der Waals surface area (Å²) >= 11 is 1.48. The first-order valence-electron chi connectivity index (χ1n) is 8.63. The summed E-state index contributed by atoms with van der Waals surface area (Å²) in [6.45, 7) is 2.57. The Morgan fingerprint density at radius 2 is 2.00 bits per heavy atom. The Kier molecular flexibility index (Phi) is 4.81. The predicted molar refractivity (Wildman–Crippen MR) is 105 cm³/mol. The maximum absolute atomic E-state index is 13.4. The van der Waals surface area contributed by atoms with Gasteiger partial charge in [0.05, 0.1) is 17.3 Å².